The van der Waals surface area contributed by atoms with Crippen molar-refractivity contribution in [3.63, 3.8) is 0 Å². The van der Waals surface area contributed by atoms with E-state index in [9.17, 15) is 4.79 Å². The van der Waals surface area contributed by atoms with Crippen molar-refractivity contribution in [3.05, 3.63) is 0 Å². The van der Waals surface area contributed by atoms with Crippen molar-refractivity contribution in [2.75, 3.05) is 33.4 Å². The number of amides is 2. The molecule has 112 valence electrons. The quantitative estimate of drug-likeness (QED) is 0.750. The van der Waals surface area contributed by atoms with Crippen LogP contribution in [-0.4, -0.2) is 45.5 Å². The fraction of sp³-hybridized carbons (Fsp3) is 0.929. The fourth-order valence-electron chi connectivity index (χ4n) is 2.56. The van der Waals surface area contributed by atoms with Gasteiger partial charge < -0.3 is 20.1 Å². The molecule has 5 heteroatoms. The molecule has 0 aromatic heterocycles. The fourth-order valence-corrected chi connectivity index (χ4v) is 2.56. The number of urea groups is 1. The molecule has 2 N–H and O–H groups in total. The van der Waals surface area contributed by atoms with Crippen LogP contribution >= 0.6 is 0 Å². The van der Waals surface area contributed by atoms with Crippen LogP contribution in [0.25, 0.3) is 0 Å². The minimum absolute atomic E-state index is 0.110. The van der Waals surface area contributed by atoms with Crippen LogP contribution in [0.5, 0.6) is 0 Å². The largest absolute Gasteiger partial charge is 0.383 e. The highest BCUT2D eigenvalue weighted by molar-refractivity contribution is 5.73. The molecule has 0 aliphatic carbocycles. The van der Waals surface area contributed by atoms with Crippen molar-refractivity contribution in [2.45, 2.75) is 39.7 Å². The summed E-state index contributed by atoms with van der Waals surface area (Å²) in [6.45, 7) is 9.13. The van der Waals surface area contributed by atoms with Crippen LogP contribution in [0.1, 0.15) is 33.6 Å². The van der Waals surface area contributed by atoms with Gasteiger partial charge in [0.2, 0.25) is 0 Å². The highest BCUT2D eigenvalue weighted by Gasteiger charge is 2.35. The summed E-state index contributed by atoms with van der Waals surface area (Å²) in [5.41, 5.74) is 0.110. The van der Waals surface area contributed by atoms with Gasteiger partial charge in [-0.15, -0.1) is 0 Å². The lowest BCUT2D eigenvalue weighted by atomic mass is 9.78. The second-order valence-corrected chi connectivity index (χ2v) is 6.19. The van der Waals surface area contributed by atoms with E-state index < -0.39 is 0 Å². The highest BCUT2D eigenvalue weighted by Crippen LogP contribution is 2.33. The van der Waals surface area contributed by atoms with Crippen molar-refractivity contribution in [1.82, 2.24) is 10.6 Å². The van der Waals surface area contributed by atoms with Gasteiger partial charge in [-0.25, -0.2) is 4.79 Å². The Kier molecular flexibility index (Phi) is 6.58. The molecule has 0 spiro atoms. The van der Waals surface area contributed by atoms with Gasteiger partial charge in [0, 0.05) is 32.7 Å². The monoisotopic (exact) mass is 272 g/mol. The van der Waals surface area contributed by atoms with E-state index in [0.29, 0.717) is 25.6 Å². The Morgan fingerprint density at radius 3 is 2.74 bits per heavy atom. The van der Waals surface area contributed by atoms with E-state index >= 15 is 0 Å². The van der Waals surface area contributed by atoms with E-state index in [0.717, 1.165) is 19.4 Å². The molecule has 1 aliphatic rings. The number of hydrogen-bond donors (Lipinski definition) is 2. The summed E-state index contributed by atoms with van der Waals surface area (Å²) in [5.74, 6) is 0.391. The molecule has 2 amide bonds. The van der Waals surface area contributed by atoms with Gasteiger partial charge in [-0.2, -0.15) is 0 Å². The van der Waals surface area contributed by atoms with Crippen molar-refractivity contribution >= 4 is 6.03 Å². The first-order valence-corrected chi connectivity index (χ1v) is 7.07. The molecule has 0 aromatic rings. The van der Waals surface area contributed by atoms with Gasteiger partial charge in [-0.3, -0.25) is 0 Å². The number of carbonyl (C=O) groups is 1. The third-order valence-corrected chi connectivity index (χ3v) is 3.41. The van der Waals surface area contributed by atoms with Crippen LogP contribution in [0, 0.1) is 11.3 Å². The van der Waals surface area contributed by atoms with E-state index in [4.69, 9.17) is 9.47 Å². The second-order valence-electron chi connectivity index (χ2n) is 6.19. The number of ether oxygens (including phenoxy) is 2. The third kappa shape index (κ3) is 5.78. The number of nitrogens with one attached hydrogen (secondary N) is 2. The summed E-state index contributed by atoms with van der Waals surface area (Å²) in [4.78, 5) is 11.6. The van der Waals surface area contributed by atoms with E-state index in [-0.39, 0.29) is 17.6 Å². The lowest BCUT2D eigenvalue weighted by molar-refractivity contribution is -0.0837. The molecule has 5 nitrogen and oxygen atoms in total. The van der Waals surface area contributed by atoms with Crippen molar-refractivity contribution < 1.29 is 14.3 Å². The number of carbonyl (C=O) groups excluding carboxylic acids is 1. The maximum atomic E-state index is 11.6. The lowest BCUT2D eigenvalue weighted by Gasteiger charge is -2.40. The van der Waals surface area contributed by atoms with Gasteiger partial charge in [0.15, 0.2) is 0 Å². The minimum atomic E-state index is -0.129. The predicted molar refractivity (Wildman–Crippen MR) is 75.2 cm³/mol. The first kappa shape index (κ1) is 16.2. The van der Waals surface area contributed by atoms with Crippen LogP contribution in [0.4, 0.5) is 4.79 Å². The van der Waals surface area contributed by atoms with Crippen LogP contribution in [0.15, 0.2) is 0 Å². The molecule has 1 fully saturated rings. The van der Waals surface area contributed by atoms with Gasteiger partial charge in [0.1, 0.15) is 0 Å². The average Bonchev–Trinajstić information content (AvgIpc) is 2.36. The molecular formula is C14H28N2O3. The number of hydrogen-bond acceptors (Lipinski definition) is 3. The number of methoxy groups -OCH3 is 1. The molecule has 1 saturated heterocycles. The zero-order valence-electron chi connectivity index (χ0n) is 12.6. The molecular weight excluding hydrogens is 244 g/mol. The molecule has 0 bridgehead atoms. The van der Waals surface area contributed by atoms with Gasteiger partial charge in [-0.05, 0) is 18.3 Å². The SMILES string of the molecule is COCCNC(=O)NCC1CCCOC1C(C)(C)C. The topological polar surface area (TPSA) is 59.6 Å². The zero-order valence-corrected chi connectivity index (χ0v) is 12.6. The Bertz CT molecular complexity index is 276. The summed E-state index contributed by atoms with van der Waals surface area (Å²) in [6, 6.07) is -0.129. The Labute approximate surface area is 116 Å². The summed E-state index contributed by atoms with van der Waals surface area (Å²) < 4.78 is 10.8. The standard InChI is InChI=1S/C14H28N2O3/c1-14(2,3)12-11(6-5-8-19-12)10-16-13(17)15-7-9-18-4/h11-12H,5-10H2,1-4H3,(H2,15,16,17). The van der Waals surface area contributed by atoms with E-state index in [1.165, 1.54) is 0 Å². The molecule has 1 rings (SSSR count). The Balaban J connectivity index is 2.35. The van der Waals surface area contributed by atoms with Crippen molar-refractivity contribution in [3.8, 4) is 0 Å². The summed E-state index contributed by atoms with van der Waals surface area (Å²) >= 11 is 0. The smallest absolute Gasteiger partial charge is 0.314 e. The lowest BCUT2D eigenvalue weighted by Crippen LogP contribution is -2.47. The Morgan fingerprint density at radius 1 is 1.37 bits per heavy atom. The van der Waals surface area contributed by atoms with Crippen molar-refractivity contribution in [2.24, 2.45) is 11.3 Å². The van der Waals surface area contributed by atoms with Gasteiger partial charge in [0.25, 0.3) is 0 Å². The molecule has 2 atom stereocenters. The summed E-state index contributed by atoms with van der Waals surface area (Å²) in [6.07, 6.45) is 2.39. The second kappa shape index (κ2) is 7.70. The molecule has 1 aliphatic heterocycles. The van der Waals surface area contributed by atoms with Crippen LogP contribution < -0.4 is 10.6 Å². The highest BCUT2D eigenvalue weighted by atomic mass is 16.5. The first-order chi connectivity index (χ1) is 8.95. The van der Waals surface area contributed by atoms with Crippen LogP contribution in [0.3, 0.4) is 0 Å². The summed E-state index contributed by atoms with van der Waals surface area (Å²) in [7, 11) is 1.62. The molecule has 0 aromatic carbocycles. The van der Waals surface area contributed by atoms with Crippen molar-refractivity contribution in [1.29, 1.82) is 0 Å². The Hall–Kier alpha value is -0.810. The maximum absolute atomic E-state index is 11.6. The average molecular weight is 272 g/mol. The summed E-state index contributed by atoms with van der Waals surface area (Å²) in [5, 5.41) is 5.69. The van der Waals surface area contributed by atoms with Crippen LogP contribution in [-0.2, 0) is 9.47 Å². The number of rotatable bonds is 5. The van der Waals surface area contributed by atoms with E-state index in [2.05, 4.69) is 31.4 Å². The van der Waals surface area contributed by atoms with Gasteiger partial charge in [-0.1, -0.05) is 20.8 Å². The molecule has 19 heavy (non-hydrogen) atoms. The first-order valence-electron chi connectivity index (χ1n) is 7.07. The Morgan fingerprint density at radius 2 is 2.11 bits per heavy atom. The van der Waals surface area contributed by atoms with Gasteiger partial charge in [0.05, 0.1) is 12.7 Å². The normalized spacial score (nSPS) is 24.0. The molecule has 2 unspecified atom stereocenters. The van der Waals surface area contributed by atoms with Gasteiger partial charge >= 0.3 is 6.03 Å². The van der Waals surface area contributed by atoms with Crippen LogP contribution in [0.2, 0.25) is 0 Å². The maximum Gasteiger partial charge on any atom is 0.314 e. The van der Waals surface area contributed by atoms with E-state index in [1.54, 1.807) is 7.11 Å². The molecule has 1 heterocycles. The zero-order chi connectivity index (χ0) is 14.3. The molecule has 0 saturated carbocycles. The molecule has 0 radical (unpaired) electrons. The third-order valence-electron chi connectivity index (χ3n) is 3.41. The predicted octanol–water partition coefficient (Wildman–Crippen LogP) is 1.77. The minimum Gasteiger partial charge on any atom is -0.383 e. The van der Waals surface area contributed by atoms with E-state index in [1.807, 2.05) is 0 Å².